The molecule has 2 aliphatic rings. The maximum atomic E-state index is 13.1. The Bertz CT molecular complexity index is 871. The second-order valence-corrected chi connectivity index (χ2v) is 8.35. The van der Waals surface area contributed by atoms with Crippen LogP contribution in [0, 0.1) is 6.92 Å². The standard InChI is InChI=1S/C19H21N3O2S/c1-11-20-15(10-25-11)16-5-4-8-22(16)17(23)12-6-7-13-14(9-12)21-18(24)19(13,2)3/h6-7,9-10,16H,4-5,8H2,1-3H3,(H,21,24). The van der Waals surface area contributed by atoms with Gasteiger partial charge in [-0.25, -0.2) is 4.98 Å². The molecule has 2 aromatic rings. The van der Waals surface area contributed by atoms with Crippen molar-refractivity contribution in [3.63, 3.8) is 0 Å². The van der Waals surface area contributed by atoms with Crippen molar-refractivity contribution in [1.82, 2.24) is 9.88 Å². The molecule has 1 saturated heterocycles. The van der Waals surface area contributed by atoms with E-state index in [0.717, 1.165) is 41.3 Å². The Morgan fingerprint density at radius 2 is 2.20 bits per heavy atom. The van der Waals surface area contributed by atoms with Gasteiger partial charge in [-0.2, -0.15) is 0 Å². The molecule has 130 valence electrons. The number of likely N-dealkylation sites (tertiary alicyclic amines) is 1. The van der Waals surface area contributed by atoms with Crippen LogP contribution in [0.1, 0.15) is 59.4 Å². The number of aryl methyl sites for hydroxylation is 1. The largest absolute Gasteiger partial charge is 0.330 e. The number of hydrogen-bond acceptors (Lipinski definition) is 4. The summed E-state index contributed by atoms with van der Waals surface area (Å²) in [5.41, 5.74) is 2.76. The van der Waals surface area contributed by atoms with Crippen LogP contribution in [-0.2, 0) is 10.2 Å². The number of amides is 2. The van der Waals surface area contributed by atoms with Crippen LogP contribution < -0.4 is 5.32 Å². The molecule has 1 aromatic heterocycles. The summed E-state index contributed by atoms with van der Waals surface area (Å²) in [5.74, 6) is -0.0148. The van der Waals surface area contributed by atoms with Gasteiger partial charge in [0.15, 0.2) is 0 Å². The van der Waals surface area contributed by atoms with Gasteiger partial charge in [0.2, 0.25) is 5.91 Å². The highest BCUT2D eigenvalue weighted by atomic mass is 32.1. The first-order valence-corrected chi connectivity index (χ1v) is 9.45. The van der Waals surface area contributed by atoms with Gasteiger partial charge in [-0.3, -0.25) is 9.59 Å². The zero-order chi connectivity index (χ0) is 17.8. The van der Waals surface area contributed by atoms with E-state index in [2.05, 4.69) is 15.7 Å². The molecule has 2 amide bonds. The summed E-state index contributed by atoms with van der Waals surface area (Å²) < 4.78 is 0. The van der Waals surface area contributed by atoms with Crippen LogP contribution in [0.15, 0.2) is 23.6 Å². The van der Waals surface area contributed by atoms with Crippen LogP contribution in [-0.4, -0.2) is 28.2 Å². The van der Waals surface area contributed by atoms with Gasteiger partial charge in [-0.15, -0.1) is 11.3 Å². The van der Waals surface area contributed by atoms with E-state index >= 15 is 0 Å². The number of hydrogen-bond donors (Lipinski definition) is 1. The van der Waals surface area contributed by atoms with Crippen LogP contribution in [0.2, 0.25) is 0 Å². The number of fused-ring (bicyclic) bond motifs is 1. The molecule has 0 spiro atoms. The lowest BCUT2D eigenvalue weighted by Gasteiger charge is -2.24. The molecule has 5 nitrogen and oxygen atoms in total. The molecule has 0 bridgehead atoms. The summed E-state index contributed by atoms with van der Waals surface area (Å²) in [6.07, 6.45) is 1.94. The predicted molar refractivity (Wildman–Crippen MR) is 98.0 cm³/mol. The highest BCUT2D eigenvalue weighted by Gasteiger charge is 2.39. The Hall–Kier alpha value is -2.21. The summed E-state index contributed by atoms with van der Waals surface area (Å²) in [7, 11) is 0. The van der Waals surface area contributed by atoms with E-state index in [4.69, 9.17) is 0 Å². The number of rotatable bonds is 2. The van der Waals surface area contributed by atoms with E-state index in [0.29, 0.717) is 5.56 Å². The molecular formula is C19H21N3O2S. The molecule has 2 aliphatic heterocycles. The third kappa shape index (κ3) is 2.56. The topological polar surface area (TPSA) is 62.3 Å². The van der Waals surface area contributed by atoms with Crippen molar-refractivity contribution in [3.8, 4) is 0 Å². The van der Waals surface area contributed by atoms with E-state index in [1.54, 1.807) is 11.3 Å². The Morgan fingerprint density at radius 3 is 2.92 bits per heavy atom. The lowest BCUT2D eigenvalue weighted by molar-refractivity contribution is -0.119. The van der Waals surface area contributed by atoms with Crippen LogP contribution in [0.3, 0.4) is 0 Å². The lowest BCUT2D eigenvalue weighted by atomic mass is 9.86. The van der Waals surface area contributed by atoms with Gasteiger partial charge in [-0.05, 0) is 51.3 Å². The molecule has 0 saturated carbocycles. The summed E-state index contributed by atoms with van der Waals surface area (Å²) in [6, 6.07) is 5.60. The summed E-state index contributed by atoms with van der Waals surface area (Å²) in [4.78, 5) is 31.7. The first kappa shape index (κ1) is 16.3. The van der Waals surface area contributed by atoms with Crippen molar-refractivity contribution in [2.24, 2.45) is 0 Å². The van der Waals surface area contributed by atoms with Gasteiger partial charge >= 0.3 is 0 Å². The highest BCUT2D eigenvalue weighted by molar-refractivity contribution is 7.09. The van der Waals surface area contributed by atoms with Crippen molar-refractivity contribution >= 4 is 28.8 Å². The zero-order valence-electron chi connectivity index (χ0n) is 14.6. The molecule has 1 atom stereocenters. The monoisotopic (exact) mass is 355 g/mol. The van der Waals surface area contributed by atoms with Crippen molar-refractivity contribution in [2.45, 2.75) is 45.1 Å². The zero-order valence-corrected chi connectivity index (χ0v) is 15.4. The number of thiazole rings is 1. The Balaban J connectivity index is 1.63. The van der Waals surface area contributed by atoms with Crippen molar-refractivity contribution in [1.29, 1.82) is 0 Å². The summed E-state index contributed by atoms with van der Waals surface area (Å²) in [5, 5.41) is 5.98. The maximum absolute atomic E-state index is 13.1. The molecule has 1 fully saturated rings. The molecule has 6 heteroatoms. The van der Waals surface area contributed by atoms with Crippen LogP contribution in [0.4, 0.5) is 5.69 Å². The average molecular weight is 355 g/mol. The fourth-order valence-corrected chi connectivity index (χ4v) is 4.40. The minimum absolute atomic E-state index is 0.00917. The quantitative estimate of drug-likeness (QED) is 0.894. The van der Waals surface area contributed by atoms with Crippen LogP contribution in [0.25, 0.3) is 0 Å². The minimum atomic E-state index is -0.550. The molecule has 1 unspecified atom stereocenters. The second kappa shape index (κ2) is 5.66. The molecule has 1 aromatic carbocycles. The number of nitrogens with zero attached hydrogens (tertiary/aromatic N) is 2. The van der Waals surface area contributed by atoms with E-state index < -0.39 is 5.41 Å². The summed E-state index contributed by atoms with van der Waals surface area (Å²) in [6.45, 7) is 6.53. The number of anilines is 1. The smallest absolute Gasteiger partial charge is 0.254 e. The molecule has 1 N–H and O–H groups in total. The van der Waals surface area contributed by atoms with Gasteiger partial charge in [0.25, 0.3) is 5.91 Å². The number of carbonyl (C=O) groups is 2. The molecule has 0 radical (unpaired) electrons. The first-order valence-electron chi connectivity index (χ1n) is 8.57. The van der Waals surface area contributed by atoms with Crippen molar-refractivity contribution in [3.05, 3.63) is 45.4 Å². The molecule has 4 rings (SSSR count). The fraction of sp³-hybridized carbons (Fsp3) is 0.421. The van der Waals surface area contributed by atoms with Gasteiger partial charge in [0.05, 0.1) is 22.2 Å². The van der Waals surface area contributed by atoms with E-state index in [-0.39, 0.29) is 17.9 Å². The summed E-state index contributed by atoms with van der Waals surface area (Å²) >= 11 is 1.62. The Kier molecular flexibility index (Phi) is 3.68. The number of nitrogens with one attached hydrogen (secondary N) is 1. The SMILES string of the molecule is Cc1nc(C2CCCN2C(=O)c2ccc3c(c2)NC(=O)C3(C)C)cs1. The molecular weight excluding hydrogens is 334 g/mol. The normalized spacial score (nSPS) is 21.3. The maximum Gasteiger partial charge on any atom is 0.254 e. The van der Waals surface area contributed by atoms with E-state index in [1.165, 1.54) is 0 Å². The number of aromatic nitrogens is 1. The first-order chi connectivity index (χ1) is 11.9. The third-order valence-electron chi connectivity index (χ3n) is 5.25. The van der Waals surface area contributed by atoms with Gasteiger partial charge in [0.1, 0.15) is 0 Å². The van der Waals surface area contributed by atoms with Crippen LogP contribution in [0.5, 0.6) is 0 Å². The van der Waals surface area contributed by atoms with E-state index in [9.17, 15) is 9.59 Å². The number of benzene rings is 1. The van der Waals surface area contributed by atoms with E-state index in [1.807, 2.05) is 43.9 Å². The third-order valence-corrected chi connectivity index (χ3v) is 6.04. The Morgan fingerprint density at radius 1 is 1.40 bits per heavy atom. The average Bonchev–Trinajstić information content (AvgIpc) is 3.26. The molecule has 3 heterocycles. The number of carbonyl (C=O) groups excluding carboxylic acids is 2. The second-order valence-electron chi connectivity index (χ2n) is 7.29. The van der Waals surface area contributed by atoms with Crippen LogP contribution >= 0.6 is 11.3 Å². The fourth-order valence-electron chi connectivity index (χ4n) is 3.74. The van der Waals surface area contributed by atoms with Gasteiger partial charge in [-0.1, -0.05) is 6.07 Å². The van der Waals surface area contributed by atoms with Crippen molar-refractivity contribution < 1.29 is 9.59 Å². The van der Waals surface area contributed by atoms with Gasteiger partial charge in [0, 0.05) is 23.2 Å². The van der Waals surface area contributed by atoms with Gasteiger partial charge < -0.3 is 10.2 Å². The Labute approximate surface area is 151 Å². The molecule has 25 heavy (non-hydrogen) atoms. The lowest BCUT2D eigenvalue weighted by Crippen LogP contribution is -2.30. The highest BCUT2D eigenvalue weighted by Crippen LogP contribution is 2.39. The predicted octanol–water partition coefficient (Wildman–Crippen LogP) is 3.66. The van der Waals surface area contributed by atoms with Crippen molar-refractivity contribution in [2.75, 3.05) is 11.9 Å². The minimum Gasteiger partial charge on any atom is -0.330 e. The molecule has 0 aliphatic carbocycles.